The van der Waals surface area contributed by atoms with Crippen molar-refractivity contribution in [2.45, 2.75) is 51.7 Å². The lowest BCUT2D eigenvalue weighted by Gasteiger charge is -2.56. The first-order chi connectivity index (χ1) is 20.5. The van der Waals surface area contributed by atoms with E-state index in [-0.39, 0.29) is 47.0 Å². The number of pyridine rings is 2. The third-order valence-corrected chi connectivity index (χ3v) is 8.63. The molecule has 21 heteroatoms. The zero-order valence-electron chi connectivity index (χ0n) is 24.7. The van der Waals surface area contributed by atoms with Gasteiger partial charge in [-0.1, -0.05) is 15.6 Å². The van der Waals surface area contributed by atoms with E-state index in [2.05, 4.69) is 25.6 Å². The second-order valence-electron chi connectivity index (χ2n) is 12.0. The van der Waals surface area contributed by atoms with Gasteiger partial charge in [-0.15, -0.1) is 0 Å². The van der Waals surface area contributed by atoms with Gasteiger partial charge in [0.05, 0.1) is 95.9 Å². The number of rotatable bonds is 5. The van der Waals surface area contributed by atoms with Crippen LogP contribution in [0.5, 0.6) is 0 Å². The normalized spacial score (nSPS) is 25.9. The van der Waals surface area contributed by atoms with E-state index in [0.717, 1.165) is 4.57 Å². The van der Waals surface area contributed by atoms with Crippen LogP contribution in [0.25, 0.3) is 11.0 Å². The van der Waals surface area contributed by atoms with Gasteiger partial charge in [0.25, 0.3) is 5.56 Å². The molecular weight excluding hydrogens is 553 g/mol. The van der Waals surface area contributed by atoms with Gasteiger partial charge in [0.1, 0.15) is 19.3 Å². The lowest BCUT2D eigenvalue weighted by molar-refractivity contribution is 0.101. The van der Waals surface area contributed by atoms with E-state index in [9.17, 15) is 14.7 Å². The Kier molecular flexibility index (Phi) is 7.81. The summed E-state index contributed by atoms with van der Waals surface area (Å²) in [6.45, 7) is 3.13. The minimum atomic E-state index is -2.82. The van der Waals surface area contributed by atoms with Gasteiger partial charge in [-0.3, -0.25) is 14.2 Å². The first-order valence-electron chi connectivity index (χ1n) is 13.6. The molecular formula is C24H18B11N7O3. The van der Waals surface area contributed by atoms with Gasteiger partial charge in [-0.05, 0) is 42.2 Å². The molecule has 1 aliphatic carbocycles. The molecule has 1 saturated heterocycles. The van der Waals surface area contributed by atoms with Crippen molar-refractivity contribution in [3.63, 3.8) is 0 Å². The quantitative estimate of drug-likeness (QED) is 0.213. The van der Waals surface area contributed by atoms with E-state index in [4.69, 9.17) is 86.3 Å². The molecule has 2 unspecified atom stereocenters. The van der Waals surface area contributed by atoms with Crippen LogP contribution in [0.1, 0.15) is 28.9 Å². The fraction of sp³-hybridized carbons (Fsp3) is 0.458. The van der Waals surface area contributed by atoms with Crippen molar-refractivity contribution >= 4 is 121 Å². The number of nitrogens with one attached hydrogen (secondary N) is 2. The largest absolute Gasteiger partial charge is 0.402 e. The number of Topliss-reactive ketones (excluding diaryl/α,β-unsaturated/α-hetero) is 1. The second kappa shape index (κ2) is 10.4. The average molecular weight is 571 g/mol. The number of anilines is 3. The first kappa shape index (κ1) is 33.7. The Morgan fingerprint density at radius 3 is 2.04 bits per heavy atom. The summed E-state index contributed by atoms with van der Waals surface area (Å²) >= 11 is 0. The Labute approximate surface area is 275 Å². The topological polar surface area (TPSA) is 125 Å². The predicted octanol–water partition coefficient (Wildman–Crippen LogP) is -3.40. The maximum atomic E-state index is 14.0. The Morgan fingerprint density at radius 1 is 0.956 bits per heavy atom. The Morgan fingerprint density at radius 2 is 1.56 bits per heavy atom. The number of carbonyl (C=O) groups excluding carboxylic acids is 1. The Bertz CT molecular complexity index is 1720. The molecule has 22 radical (unpaired) electrons. The molecule has 1 aliphatic heterocycles. The van der Waals surface area contributed by atoms with E-state index >= 15 is 0 Å². The molecule has 10 nitrogen and oxygen atoms in total. The van der Waals surface area contributed by atoms with E-state index in [0.29, 0.717) is 5.69 Å². The van der Waals surface area contributed by atoms with Crippen molar-refractivity contribution in [3.05, 3.63) is 46.0 Å². The van der Waals surface area contributed by atoms with Gasteiger partial charge in [-0.25, -0.2) is 9.97 Å². The molecule has 4 heterocycles. The van der Waals surface area contributed by atoms with Gasteiger partial charge >= 0.3 is 0 Å². The van der Waals surface area contributed by atoms with Crippen LogP contribution in [0.2, 0.25) is 15.6 Å². The number of nitrogens with zero attached hydrogens (tertiary/aromatic N) is 5. The molecule has 45 heavy (non-hydrogen) atoms. The van der Waals surface area contributed by atoms with Crippen LogP contribution in [0.4, 0.5) is 17.5 Å². The highest BCUT2D eigenvalue weighted by Crippen LogP contribution is 2.73. The molecule has 200 valence electrons. The van der Waals surface area contributed by atoms with E-state index in [1.165, 1.54) is 31.1 Å². The third-order valence-electron chi connectivity index (χ3n) is 8.63. The van der Waals surface area contributed by atoms with Crippen LogP contribution in [0.3, 0.4) is 0 Å². The van der Waals surface area contributed by atoms with Crippen molar-refractivity contribution in [1.82, 2.24) is 24.8 Å². The van der Waals surface area contributed by atoms with Crippen molar-refractivity contribution in [1.29, 1.82) is 0 Å². The van der Waals surface area contributed by atoms with Crippen LogP contribution in [0, 0.1) is 6.92 Å². The summed E-state index contributed by atoms with van der Waals surface area (Å²) in [5, 5.41) is 6.88. The zero-order valence-corrected chi connectivity index (χ0v) is 24.7. The molecule has 3 aromatic heterocycles. The molecule has 5 rings (SSSR count). The highest BCUT2D eigenvalue weighted by molar-refractivity contribution is 6.62. The predicted molar refractivity (Wildman–Crippen MR) is 182 cm³/mol. The van der Waals surface area contributed by atoms with Crippen LogP contribution >= 0.6 is 0 Å². The first-order valence-corrected chi connectivity index (χ1v) is 13.6. The minimum Gasteiger partial charge on any atom is -0.402 e. The van der Waals surface area contributed by atoms with Crippen molar-refractivity contribution in [2.75, 3.05) is 23.3 Å². The van der Waals surface area contributed by atoms with Crippen molar-refractivity contribution in [2.24, 2.45) is 0 Å². The number of hydrogen-bond donors (Lipinski definition) is 3. The maximum absolute atomic E-state index is 14.0. The van der Waals surface area contributed by atoms with Gasteiger partial charge in [0, 0.05) is 36.2 Å². The number of aryl methyl sites for hydroxylation is 1. The SMILES string of the molecule is [B]C1([B])CNCC([B])([B])N1c1ccc(Nc2ncc3c(C)c(C(C)=O)c(=O)n(C4C([B])([B])C([B])([B])C([B])(O)C4([B])[B])c3n2)nc1. The average Bonchev–Trinajstić information content (AvgIpc) is 2.96. The summed E-state index contributed by atoms with van der Waals surface area (Å²) in [5.41, 5.74) is -3.47. The summed E-state index contributed by atoms with van der Waals surface area (Å²) in [5.74, 6) is -0.425. The number of carbonyl (C=O) groups is 1. The van der Waals surface area contributed by atoms with Crippen LogP contribution in [-0.4, -0.2) is 146 Å². The molecule has 0 amide bonds. The molecule has 3 aromatic rings. The van der Waals surface area contributed by atoms with E-state index < -0.39 is 49.2 Å². The highest BCUT2D eigenvalue weighted by Gasteiger charge is 2.67. The molecule has 1 saturated carbocycles. The lowest BCUT2D eigenvalue weighted by Crippen LogP contribution is -2.74. The van der Waals surface area contributed by atoms with Gasteiger partial charge in [0.2, 0.25) is 5.95 Å². The van der Waals surface area contributed by atoms with Crippen LogP contribution in [-0.2, 0) is 0 Å². The van der Waals surface area contributed by atoms with Crippen molar-refractivity contribution < 1.29 is 9.90 Å². The minimum absolute atomic E-state index is 0.0703. The number of aliphatic hydroxyl groups is 1. The monoisotopic (exact) mass is 573 g/mol. The molecule has 2 aliphatic rings. The van der Waals surface area contributed by atoms with Crippen LogP contribution < -0.4 is 21.1 Å². The van der Waals surface area contributed by atoms with Gasteiger partial charge in [-0.2, -0.15) is 4.98 Å². The van der Waals surface area contributed by atoms with Gasteiger partial charge < -0.3 is 20.6 Å². The third kappa shape index (κ3) is 4.81. The Balaban J connectivity index is 1.64. The molecule has 2 fully saturated rings. The molecule has 0 bridgehead atoms. The maximum Gasteiger partial charge on any atom is 0.263 e. The fourth-order valence-electron chi connectivity index (χ4n) is 6.19. The van der Waals surface area contributed by atoms with Gasteiger partial charge in [0.15, 0.2) is 5.78 Å². The van der Waals surface area contributed by atoms with E-state index in [1.54, 1.807) is 12.1 Å². The summed E-state index contributed by atoms with van der Waals surface area (Å²) in [6.07, 6.45) is 2.78. The number of piperazine rings is 1. The fourth-order valence-corrected chi connectivity index (χ4v) is 6.19. The van der Waals surface area contributed by atoms with Crippen molar-refractivity contribution in [3.8, 4) is 0 Å². The Hall–Kier alpha value is -2.66. The second-order valence-corrected chi connectivity index (χ2v) is 12.0. The number of hydrogen-bond acceptors (Lipinski definition) is 9. The smallest absolute Gasteiger partial charge is 0.263 e. The van der Waals surface area contributed by atoms with Crippen LogP contribution in [0.15, 0.2) is 29.3 Å². The molecule has 0 spiro atoms. The summed E-state index contributed by atoms with van der Waals surface area (Å²) < 4.78 is 0.857. The van der Waals surface area contributed by atoms with E-state index in [1.807, 2.05) is 0 Å². The summed E-state index contributed by atoms with van der Waals surface area (Å²) in [4.78, 5) is 41.2. The number of ketones is 1. The number of aromatic nitrogens is 4. The summed E-state index contributed by atoms with van der Waals surface area (Å²) in [6, 6.07) is 1.39. The lowest BCUT2D eigenvalue weighted by atomic mass is 9.25. The molecule has 3 N–H and O–H groups in total. The number of fused-ring (bicyclic) bond motifs is 1. The standard InChI is InChI=1S/C24H18B11N7O3/c1-9-12-6-38-18(39-13-4-3-11(5-37-13)42-19(25,26)7-36-8-20(42,27)28)40-15(12)41(16(44)14(9)10(2)43)17-21(29,30)23(33,34)24(35,45)22(17,31)32/h3-6,17,36,45H,7-8H2,1-2H3,(H,37,38,39,40). The highest BCUT2D eigenvalue weighted by atomic mass is 16.3. The summed E-state index contributed by atoms with van der Waals surface area (Å²) in [7, 11) is 68.5. The molecule has 2 atom stereocenters. The zero-order chi connectivity index (χ0) is 33.7. The molecule has 0 aromatic carbocycles.